The third-order valence-electron chi connectivity index (χ3n) is 3.00. The lowest BCUT2D eigenvalue weighted by Gasteiger charge is -2.05. The van der Waals surface area contributed by atoms with E-state index >= 15 is 0 Å². The summed E-state index contributed by atoms with van der Waals surface area (Å²) >= 11 is 0. The number of hydrogen-bond donors (Lipinski definition) is 0. The Morgan fingerprint density at radius 2 is 2.06 bits per heavy atom. The standard InChI is InChI=1S/C14H18O3/c1-3-16-14(15)13-8-11(13)9-17-12-6-4-10(2)5-7-12/h4-7,11,13H,3,8-9H2,1-2H3/t11-,13+/m1/s1. The van der Waals surface area contributed by atoms with Crippen molar-refractivity contribution in [2.75, 3.05) is 13.2 Å². The van der Waals surface area contributed by atoms with Gasteiger partial charge in [-0.3, -0.25) is 4.79 Å². The van der Waals surface area contributed by atoms with E-state index in [1.807, 2.05) is 38.1 Å². The second kappa shape index (κ2) is 5.21. The number of ether oxygens (including phenoxy) is 2. The van der Waals surface area contributed by atoms with E-state index in [1.165, 1.54) is 5.56 Å². The van der Waals surface area contributed by atoms with Crippen LogP contribution in [0.1, 0.15) is 18.9 Å². The lowest BCUT2D eigenvalue weighted by atomic mass is 10.2. The molecule has 92 valence electrons. The second-order valence-corrected chi connectivity index (χ2v) is 4.48. The smallest absolute Gasteiger partial charge is 0.309 e. The molecule has 1 fully saturated rings. The summed E-state index contributed by atoms with van der Waals surface area (Å²) in [7, 11) is 0. The van der Waals surface area contributed by atoms with Gasteiger partial charge >= 0.3 is 5.97 Å². The zero-order chi connectivity index (χ0) is 12.3. The van der Waals surface area contributed by atoms with Crippen LogP contribution in [0.2, 0.25) is 0 Å². The quantitative estimate of drug-likeness (QED) is 0.734. The minimum atomic E-state index is -0.0787. The molecule has 0 aromatic heterocycles. The first kappa shape index (κ1) is 12.0. The summed E-state index contributed by atoms with van der Waals surface area (Å²) in [4.78, 5) is 11.4. The first-order valence-electron chi connectivity index (χ1n) is 6.06. The van der Waals surface area contributed by atoms with Gasteiger partial charge in [0, 0.05) is 5.92 Å². The number of aryl methyl sites for hydroxylation is 1. The molecule has 1 saturated carbocycles. The van der Waals surface area contributed by atoms with Gasteiger partial charge in [-0.15, -0.1) is 0 Å². The van der Waals surface area contributed by atoms with Crippen molar-refractivity contribution in [3.05, 3.63) is 29.8 Å². The molecule has 1 aliphatic carbocycles. The molecule has 0 N–H and O–H groups in total. The monoisotopic (exact) mass is 234 g/mol. The molecule has 1 aromatic carbocycles. The summed E-state index contributed by atoms with van der Waals surface area (Å²) in [5.41, 5.74) is 1.22. The lowest BCUT2D eigenvalue weighted by molar-refractivity contribution is -0.145. The summed E-state index contributed by atoms with van der Waals surface area (Å²) in [6, 6.07) is 7.95. The first-order valence-corrected chi connectivity index (χ1v) is 6.06. The van der Waals surface area contributed by atoms with Gasteiger partial charge in [-0.1, -0.05) is 17.7 Å². The normalized spacial score (nSPS) is 22.0. The maximum absolute atomic E-state index is 11.4. The summed E-state index contributed by atoms with van der Waals surface area (Å²) in [5, 5.41) is 0. The van der Waals surface area contributed by atoms with E-state index in [4.69, 9.17) is 9.47 Å². The molecule has 2 rings (SSSR count). The van der Waals surface area contributed by atoms with Crippen LogP contribution in [0.4, 0.5) is 0 Å². The molecule has 2 atom stereocenters. The van der Waals surface area contributed by atoms with E-state index in [-0.39, 0.29) is 11.9 Å². The molecule has 0 spiro atoms. The predicted molar refractivity (Wildman–Crippen MR) is 64.9 cm³/mol. The van der Waals surface area contributed by atoms with E-state index in [2.05, 4.69) is 0 Å². The van der Waals surface area contributed by atoms with Crippen molar-refractivity contribution in [1.82, 2.24) is 0 Å². The summed E-state index contributed by atoms with van der Waals surface area (Å²) in [5.74, 6) is 1.17. The highest BCUT2D eigenvalue weighted by atomic mass is 16.5. The Kier molecular flexibility index (Phi) is 3.67. The maximum Gasteiger partial charge on any atom is 0.309 e. The van der Waals surface area contributed by atoms with Gasteiger partial charge in [-0.05, 0) is 32.4 Å². The van der Waals surface area contributed by atoms with Crippen LogP contribution in [-0.4, -0.2) is 19.2 Å². The Hall–Kier alpha value is -1.51. The molecule has 1 aliphatic rings. The van der Waals surface area contributed by atoms with Crippen molar-refractivity contribution < 1.29 is 14.3 Å². The third kappa shape index (κ3) is 3.22. The highest BCUT2D eigenvalue weighted by molar-refractivity contribution is 5.75. The fraction of sp³-hybridized carbons (Fsp3) is 0.500. The van der Waals surface area contributed by atoms with Crippen molar-refractivity contribution in [2.24, 2.45) is 11.8 Å². The average molecular weight is 234 g/mol. The minimum Gasteiger partial charge on any atom is -0.493 e. The van der Waals surface area contributed by atoms with Gasteiger partial charge in [0.15, 0.2) is 0 Å². The molecule has 0 unspecified atom stereocenters. The van der Waals surface area contributed by atoms with Gasteiger partial charge in [0.1, 0.15) is 5.75 Å². The molecule has 0 amide bonds. The SMILES string of the molecule is CCOC(=O)[C@H]1C[C@@H]1COc1ccc(C)cc1. The highest BCUT2D eigenvalue weighted by Crippen LogP contribution is 2.39. The number of carbonyl (C=O) groups is 1. The van der Waals surface area contributed by atoms with Crippen molar-refractivity contribution >= 4 is 5.97 Å². The van der Waals surface area contributed by atoms with Crippen LogP contribution in [-0.2, 0) is 9.53 Å². The van der Waals surface area contributed by atoms with Crippen molar-refractivity contribution in [2.45, 2.75) is 20.3 Å². The van der Waals surface area contributed by atoms with Crippen molar-refractivity contribution in [3.63, 3.8) is 0 Å². The average Bonchev–Trinajstić information content (AvgIpc) is 3.08. The molecule has 0 aliphatic heterocycles. The zero-order valence-corrected chi connectivity index (χ0v) is 10.3. The summed E-state index contributed by atoms with van der Waals surface area (Å²) < 4.78 is 10.6. The predicted octanol–water partition coefficient (Wildman–Crippen LogP) is 2.57. The van der Waals surface area contributed by atoms with Crippen LogP contribution < -0.4 is 4.74 Å². The van der Waals surface area contributed by atoms with Crippen LogP contribution in [0, 0.1) is 18.8 Å². The molecule has 3 heteroatoms. The van der Waals surface area contributed by atoms with Crippen LogP contribution in [0.5, 0.6) is 5.75 Å². The highest BCUT2D eigenvalue weighted by Gasteiger charge is 2.44. The van der Waals surface area contributed by atoms with Crippen LogP contribution >= 0.6 is 0 Å². The zero-order valence-electron chi connectivity index (χ0n) is 10.3. The molecular weight excluding hydrogens is 216 g/mol. The fourth-order valence-corrected chi connectivity index (χ4v) is 1.81. The van der Waals surface area contributed by atoms with Gasteiger partial charge < -0.3 is 9.47 Å². The van der Waals surface area contributed by atoms with Crippen LogP contribution in [0.3, 0.4) is 0 Å². The third-order valence-corrected chi connectivity index (χ3v) is 3.00. The molecule has 0 saturated heterocycles. The molecule has 0 radical (unpaired) electrons. The van der Waals surface area contributed by atoms with E-state index in [1.54, 1.807) is 0 Å². The van der Waals surface area contributed by atoms with Crippen LogP contribution in [0.25, 0.3) is 0 Å². The Labute approximate surface area is 102 Å². The molecule has 3 nitrogen and oxygen atoms in total. The Morgan fingerprint density at radius 1 is 1.35 bits per heavy atom. The van der Waals surface area contributed by atoms with E-state index < -0.39 is 0 Å². The maximum atomic E-state index is 11.4. The van der Waals surface area contributed by atoms with Gasteiger partial charge in [-0.2, -0.15) is 0 Å². The number of carbonyl (C=O) groups excluding carboxylic acids is 1. The topological polar surface area (TPSA) is 35.5 Å². The minimum absolute atomic E-state index is 0.0559. The number of esters is 1. The van der Waals surface area contributed by atoms with E-state index in [0.717, 1.165) is 12.2 Å². The number of hydrogen-bond acceptors (Lipinski definition) is 3. The first-order chi connectivity index (χ1) is 8.20. The lowest BCUT2D eigenvalue weighted by Crippen LogP contribution is -2.10. The number of rotatable bonds is 5. The van der Waals surface area contributed by atoms with Crippen LogP contribution in [0.15, 0.2) is 24.3 Å². The van der Waals surface area contributed by atoms with Gasteiger partial charge in [-0.25, -0.2) is 0 Å². The van der Waals surface area contributed by atoms with Gasteiger partial charge in [0.05, 0.1) is 19.1 Å². The Morgan fingerprint density at radius 3 is 2.71 bits per heavy atom. The van der Waals surface area contributed by atoms with Gasteiger partial charge in [0.25, 0.3) is 0 Å². The largest absolute Gasteiger partial charge is 0.493 e. The molecule has 0 bridgehead atoms. The number of benzene rings is 1. The van der Waals surface area contributed by atoms with E-state index in [0.29, 0.717) is 19.1 Å². The molecule has 0 heterocycles. The molecule has 1 aromatic rings. The Bertz CT molecular complexity index is 383. The molecule has 17 heavy (non-hydrogen) atoms. The van der Waals surface area contributed by atoms with E-state index in [9.17, 15) is 4.79 Å². The van der Waals surface area contributed by atoms with Crippen molar-refractivity contribution in [1.29, 1.82) is 0 Å². The van der Waals surface area contributed by atoms with Crippen molar-refractivity contribution in [3.8, 4) is 5.75 Å². The molecular formula is C14H18O3. The van der Waals surface area contributed by atoms with Gasteiger partial charge in [0.2, 0.25) is 0 Å². The fourth-order valence-electron chi connectivity index (χ4n) is 1.81. The Balaban J connectivity index is 1.74. The second-order valence-electron chi connectivity index (χ2n) is 4.48. The summed E-state index contributed by atoms with van der Waals surface area (Å²) in [6.45, 7) is 4.94. The summed E-state index contributed by atoms with van der Waals surface area (Å²) in [6.07, 6.45) is 0.894.